The van der Waals surface area contributed by atoms with Gasteiger partial charge in [0.2, 0.25) is 0 Å². The van der Waals surface area contributed by atoms with Gasteiger partial charge in [0.25, 0.3) is 0 Å². The van der Waals surface area contributed by atoms with Crippen molar-refractivity contribution in [1.82, 2.24) is 5.32 Å². The van der Waals surface area contributed by atoms with Gasteiger partial charge in [-0.2, -0.15) is 8.78 Å². The fourth-order valence-corrected chi connectivity index (χ4v) is 1.77. The minimum absolute atomic E-state index is 0.0489. The molecule has 1 aromatic carbocycles. The first-order chi connectivity index (χ1) is 9.35. The molecular weight excluding hydrogens is 274 g/mol. The van der Waals surface area contributed by atoms with Crippen LogP contribution in [0.5, 0.6) is 0 Å². The Bertz CT molecular complexity index is 412. The maximum Gasteiger partial charge on any atom is 0.330 e. The van der Waals surface area contributed by atoms with Gasteiger partial charge in [0.1, 0.15) is 6.61 Å². The van der Waals surface area contributed by atoms with Gasteiger partial charge in [-0.25, -0.2) is 8.78 Å². The molecule has 1 rings (SSSR count). The molecule has 6 heteroatoms. The average molecular weight is 293 g/mol. The lowest BCUT2D eigenvalue weighted by atomic mass is 10.0. The van der Waals surface area contributed by atoms with E-state index >= 15 is 0 Å². The molecule has 2 nitrogen and oxygen atoms in total. The zero-order chi connectivity index (χ0) is 15.2. The van der Waals surface area contributed by atoms with Gasteiger partial charge in [-0.15, -0.1) is 0 Å². The third-order valence-corrected chi connectivity index (χ3v) is 2.91. The van der Waals surface area contributed by atoms with Crippen molar-refractivity contribution in [3.8, 4) is 0 Å². The SMILES string of the molecule is CNC(COCC(F)(F)C(F)F)Cc1cccc(C)c1. The Balaban J connectivity index is 2.44. The van der Waals surface area contributed by atoms with Crippen LogP contribution >= 0.6 is 0 Å². The van der Waals surface area contributed by atoms with Crippen LogP contribution in [0, 0.1) is 6.92 Å². The highest BCUT2D eigenvalue weighted by atomic mass is 19.3. The first kappa shape index (κ1) is 16.9. The van der Waals surface area contributed by atoms with Crippen molar-refractivity contribution < 1.29 is 22.3 Å². The van der Waals surface area contributed by atoms with Crippen molar-refractivity contribution in [2.75, 3.05) is 20.3 Å². The quantitative estimate of drug-likeness (QED) is 0.744. The lowest BCUT2D eigenvalue weighted by Crippen LogP contribution is -2.37. The largest absolute Gasteiger partial charge is 0.373 e. The van der Waals surface area contributed by atoms with Gasteiger partial charge in [0, 0.05) is 6.04 Å². The molecule has 0 fully saturated rings. The molecule has 20 heavy (non-hydrogen) atoms. The molecule has 0 amide bonds. The second kappa shape index (κ2) is 7.59. The van der Waals surface area contributed by atoms with Crippen LogP contribution in [0.1, 0.15) is 11.1 Å². The summed E-state index contributed by atoms with van der Waals surface area (Å²) < 4.78 is 54.0. The van der Waals surface area contributed by atoms with Gasteiger partial charge in [-0.05, 0) is 26.0 Å². The van der Waals surface area contributed by atoms with Crippen LogP contribution in [0.2, 0.25) is 0 Å². The topological polar surface area (TPSA) is 21.3 Å². The van der Waals surface area contributed by atoms with E-state index in [0.717, 1.165) is 11.1 Å². The molecule has 0 aromatic heterocycles. The number of rotatable bonds is 8. The third-order valence-electron chi connectivity index (χ3n) is 2.91. The maximum atomic E-state index is 12.7. The van der Waals surface area contributed by atoms with E-state index in [2.05, 4.69) is 5.32 Å². The third kappa shape index (κ3) is 5.46. The summed E-state index contributed by atoms with van der Waals surface area (Å²) in [7, 11) is 1.68. The Hall–Kier alpha value is -1.14. The molecular formula is C14H19F4NO. The number of nitrogens with one attached hydrogen (secondary N) is 1. The summed E-state index contributed by atoms with van der Waals surface area (Å²) >= 11 is 0. The number of alkyl halides is 4. The highest BCUT2D eigenvalue weighted by molar-refractivity contribution is 5.22. The van der Waals surface area contributed by atoms with Crippen molar-refractivity contribution in [3.05, 3.63) is 35.4 Å². The Kier molecular flexibility index (Phi) is 6.42. The van der Waals surface area contributed by atoms with Crippen molar-refractivity contribution in [3.63, 3.8) is 0 Å². The summed E-state index contributed by atoms with van der Waals surface area (Å²) in [4.78, 5) is 0. The number of aryl methyl sites for hydroxylation is 1. The van der Waals surface area contributed by atoms with Gasteiger partial charge in [-0.3, -0.25) is 0 Å². The molecule has 1 aromatic rings. The second-order valence-electron chi connectivity index (χ2n) is 4.76. The van der Waals surface area contributed by atoms with Crippen LogP contribution < -0.4 is 5.32 Å². The van der Waals surface area contributed by atoms with Crippen molar-refractivity contribution >= 4 is 0 Å². The van der Waals surface area contributed by atoms with Gasteiger partial charge in [0.15, 0.2) is 0 Å². The number of benzene rings is 1. The number of hydrogen-bond donors (Lipinski definition) is 1. The van der Waals surface area contributed by atoms with E-state index in [1.165, 1.54) is 0 Å². The lowest BCUT2D eigenvalue weighted by molar-refractivity contribution is -0.166. The number of hydrogen-bond acceptors (Lipinski definition) is 2. The molecule has 0 saturated heterocycles. The summed E-state index contributed by atoms with van der Waals surface area (Å²) in [5.41, 5.74) is 2.14. The maximum absolute atomic E-state index is 12.7. The highest BCUT2D eigenvalue weighted by Crippen LogP contribution is 2.22. The minimum atomic E-state index is -4.10. The molecule has 0 radical (unpaired) electrons. The zero-order valence-electron chi connectivity index (χ0n) is 11.5. The van der Waals surface area contributed by atoms with Gasteiger partial charge < -0.3 is 10.1 Å². The zero-order valence-corrected chi connectivity index (χ0v) is 11.5. The predicted molar refractivity (Wildman–Crippen MR) is 69.5 cm³/mol. The summed E-state index contributed by atoms with van der Waals surface area (Å²) in [6, 6.07) is 7.56. The number of halogens is 4. The van der Waals surface area contributed by atoms with Crippen molar-refractivity contribution in [2.45, 2.75) is 31.7 Å². The van der Waals surface area contributed by atoms with E-state index in [0.29, 0.717) is 6.42 Å². The van der Waals surface area contributed by atoms with Crippen LogP contribution in [0.15, 0.2) is 24.3 Å². The Morgan fingerprint density at radius 1 is 1.30 bits per heavy atom. The lowest BCUT2D eigenvalue weighted by Gasteiger charge is -2.20. The van der Waals surface area contributed by atoms with Crippen LogP contribution in [-0.4, -0.2) is 38.7 Å². The first-order valence-electron chi connectivity index (χ1n) is 6.31. The Morgan fingerprint density at radius 2 is 2.00 bits per heavy atom. The Labute approximate surface area is 116 Å². The summed E-state index contributed by atoms with van der Waals surface area (Å²) in [5.74, 6) is -4.10. The smallest absolute Gasteiger partial charge is 0.330 e. The minimum Gasteiger partial charge on any atom is -0.373 e. The van der Waals surface area contributed by atoms with E-state index in [9.17, 15) is 17.6 Å². The Morgan fingerprint density at radius 3 is 2.55 bits per heavy atom. The van der Waals surface area contributed by atoms with Gasteiger partial charge in [-0.1, -0.05) is 29.8 Å². The molecule has 0 heterocycles. The second-order valence-corrected chi connectivity index (χ2v) is 4.76. The van der Waals surface area contributed by atoms with Crippen LogP contribution in [-0.2, 0) is 11.2 Å². The average Bonchev–Trinajstić information content (AvgIpc) is 2.37. The molecule has 1 N–H and O–H groups in total. The predicted octanol–water partition coefficient (Wildman–Crippen LogP) is 3.04. The molecule has 0 aliphatic heterocycles. The van der Waals surface area contributed by atoms with Crippen LogP contribution in [0.3, 0.4) is 0 Å². The summed E-state index contributed by atoms with van der Waals surface area (Å²) in [6.45, 7) is 0.640. The molecule has 0 aliphatic rings. The monoisotopic (exact) mass is 293 g/mol. The number of ether oxygens (including phenoxy) is 1. The van der Waals surface area contributed by atoms with E-state index in [1.54, 1.807) is 7.05 Å². The van der Waals surface area contributed by atoms with E-state index in [1.807, 2.05) is 31.2 Å². The highest BCUT2D eigenvalue weighted by Gasteiger charge is 2.41. The molecule has 1 unspecified atom stereocenters. The van der Waals surface area contributed by atoms with Crippen LogP contribution in [0.4, 0.5) is 17.6 Å². The molecule has 1 atom stereocenters. The van der Waals surface area contributed by atoms with E-state index in [-0.39, 0.29) is 12.6 Å². The first-order valence-corrected chi connectivity index (χ1v) is 6.31. The normalized spacial score (nSPS) is 13.8. The molecule has 0 spiro atoms. The van der Waals surface area contributed by atoms with Gasteiger partial charge in [0.05, 0.1) is 6.61 Å². The van der Waals surface area contributed by atoms with Crippen molar-refractivity contribution in [1.29, 1.82) is 0 Å². The summed E-state index contributed by atoms with van der Waals surface area (Å²) in [5, 5.41) is 2.93. The van der Waals surface area contributed by atoms with Crippen LogP contribution in [0.25, 0.3) is 0 Å². The molecule has 0 saturated carbocycles. The van der Waals surface area contributed by atoms with Gasteiger partial charge >= 0.3 is 12.3 Å². The standard InChI is InChI=1S/C14H19F4NO/c1-10-4-3-5-11(6-10)7-12(19-2)8-20-9-14(17,18)13(15)16/h3-6,12-13,19H,7-9H2,1-2H3. The summed E-state index contributed by atoms with van der Waals surface area (Å²) in [6.07, 6.45) is -3.12. The molecule has 0 bridgehead atoms. The number of likely N-dealkylation sites (N-methyl/N-ethyl adjacent to an activating group) is 1. The van der Waals surface area contributed by atoms with Crippen molar-refractivity contribution in [2.24, 2.45) is 0 Å². The fraction of sp³-hybridized carbons (Fsp3) is 0.571. The fourth-order valence-electron chi connectivity index (χ4n) is 1.77. The van der Waals surface area contributed by atoms with E-state index in [4.69, 9.17) is 4.74 Å². The van der Waals surface area contributed by atoms with E-state index < -0.39 is 19.0 Å². The molecule has 114 valence electrons. The molecule has 0 aliphatic carbocycles.